The minimum Gasteiger partial charge on any atom is -0.381 e. The summed E-state index contributed by atoms with van der Waals surface area (Å²) in [6.45, 7) is 3.00. The smallest absolute Gasteiger partial charge is 0.254 e. The van der Waals surface area contributed by atoms with Crippen LogP contribution in [0.25, 0.3) is 26.9 Å². The highest BCUT2D eigenvalue weighted by atomic mass is 32.1. The highest BCUT2D eigenvalue weighted by molar-refractivity contribution is 7.18. The van der Waals surface area contributed by atoms with E-state index in [1.54, 1.807) is 10.7 Å². The first-order chi connectivity index (χ1) is 18.5. The Kier molecular flexibility index (Phi) is 5.74. The molecule has 2 aliphatic heterocycles. The van der Waals surface area contributed by atoms with Crippen LogP contribution in [0.15, 0.2) is 42.7 Å². The fraction of sp³-hybridized carbons (Fsp3) is 0.393. The minimum atomic E-state index is 0.0278. The molecule has 2 aliphatic rings. The molecule has 0 saturated carbocycles. The molecule has 2 aromatic carbocycles. The number of hydrogen-bond acceptors (Lipinski definition) is 8. The molecule has 10 heteroatoms. The van der Waals surface area contributed by atoms with Crippen molar-refractivity contribution in [2.45, 2.75) is 44.1 Å². The van der Waals surface area contributed by atoms with Gasteiger partial charge in [-0.05, 0) is 88.1 Å². The second-order valence-electron chi connectivity index (χ2n) is 10.6. The van der Waals surface area contributed by atoms with Crippen molar-refractivity contribution >= 4 is 50.0 Å². The van der Waals surface area contributed by atoms with Crippen LogP contribution in [0.4, 0.5) is 5.82 Å². The molecule has 0 spiro atoms. The number of amides is 1. The van der Waals surface area contributed by atoms with Gasteiger partial charge in [0.15, 0.2) is 5.82 Å². The second-order valence-corrected chi connectivity index (χ2v) is 11.7. The third kappa shape index (κ3) is 3.99. The van der Waals surface area contributed by atoms with Crippen LogP contribution in [-0.4, -0.2) is 67.0 Å². The Morgan fingerprint density at radius 3 is 2.74 bits per heavy atom. The lowest BCUT2D eigenvalue weighted by atomic mass is 9.94. The van der Waals surface area contributed by atoms with Crippen molar-refractivity contribution < 1.29 is 4.79 Å². The molecule has 7 rings (SSSR count). The number of benzene rings is 2. The van der Waals surface area contributed by atoms with Gasteiger partial charge in [0.2, 0.25) is 5.65 Å². The van der Waals surface area contributed by atoms with Crippen molar-refractivity contribution in [3.8, 4) is 0 Å². The predicted octanol–water partition coefficient (Wildman–Crippen LogP) is 4.65. The number of nitrogens with two attached hydrogens (primary N) is 1. The van der Waals surface area contributed by atoms with Crippen molar-refractivity contribution in [2.75, 3.05) is 32.4 Å². The number of nitrogens with zero attached hydrogens (tertiary/aromatic N) is 7. The molecular weight excluding hydrogens is 496 g/mol. The molecule has 0 aliphatic carbocycles. The van der Waals surface area contributed by atoms with E-state index in [4.69, 9.17) is 10.7 Å². The second kappa shape index (κ2) is 9.28. The average molecular weight is 527 g/mol. The minimum absolute atomic E-state index is 0.0278. The number of thiazole rings is 1. The topological polar surface area (TPSA) is 106 Å². The molecule has 194 valence electrons. The molecule has 3 aromatic heterocycles. The maximum Gasteiger partial charge on any atom is 0.254 e. The molecule has 1 amide bonds. The number of likely N-dealkylation sites (tertiary alicyclic amines) is 2. The molecule has 0 bridgehead atoms. The van der Waals surface area contributed by atoms with E-state index in [0.717, 1.165) is 49.9 Å². The standard InChI is InChI=1S/C28H30N8OS/c1-34-12-9-17(10-13-34)27-32-21-14-18(6-8-24(21)38-27)22-4-2-3-11-35(22)28(37)19-5-7-20-23(15-19)36-16-30-33-26(36)25(29)31-20/h5-8,14-17,22H,2-4,9-13H2,1H3,(H2,29,31). The monoisotopic (exact) mass is 526 g/mol. The third-order valence-corrected chi connectivity index (χ3v) is 9.34. The van der Waals surface area contributed by atoms with E-state index in [1.165, 1.54) is 28.1 Å². The van der Waals surface area contributed by atoms with Gasteiger partial charge in [0, 0.05) is 18.0 Å². The molecule has 0 radical (unpaired) electrons. The summed E-state index contributed by atoms with van der Waals surface area (Å²) in [5.41, 5.74) is 10.9. The van der Waals surface area contributed by atoms with E-state index >= 15 is 0 Å². The van der Waals surface area contributed by atoms with Crippen molar-refractivity contribution in [3.05, 3.63) is 58.9 Å². The van der Waals surface area contributed by atoms with Crippen LogP contribution >= 0.6 is 11.3 Å². The summed E-state index contributed by atoms with van der Waals surface area (Å²) in [7, 11) is 2.19. The molecular formula is C28H30N8OS. The van der Waals surface area contributed by atoms with E-state index in [1.807, 2.05) is 34.4 Å². The Bertz CT molecular complexity index is 1670. The maximum atomic E-state index is 13.9. The lowest BCUT2D eigenvalue weighted by Crippen LogP contribution is -2.38. The number of rotatable bonds is 3. The van der Waals surface area contributed by atoms with Crippen LogP contribution in [0.3, 0.4) is 0 Å². The first kappa shape index (κ1) is 23.5. The fourth-order valence-electron chi connectivity index (χ4n) is 6.00. The Morgan fingerprint density at radius 2 is 1.87 bits per heavy atom. The van der Waals surface area contributed by atoms with Crippen molar-refractivity contribution in [2.24, 2.45) is 0 Å². The first-order valence-corrected chi connectivity index (χ1v) is 14.2. The van der Waals surface area contributed by atoms with Crippen molar-refractivity contribution in [1.82, 2.24) is 34.4 Å². The Labute approximate surface area is 224 Å². The largest absolute Gasteiger partial charge is 0.381 e. The molecule has 38 heavy (non-hydrogen) atoms. The van der Waals surface area contributed by atoms with Crippen LogP contribution in [-0.2, 0) is 0 Å². The quantitative estimate of drug-likeness (QED) is 0.365. The van der Waals surface area contributed by atoms with Gasteiger partial charge in [-0.15, -0.1) is 21.5 Å². The number of hydrogen-bond donors (Lipinski definition) is 1. The molecule has 5 heterocycles. The van der Waals surface area contributed by atoms with Gasteiger partial charge in [-0.2, -0.15) is 0 Å². The van der Waals surface area contributed by atoms with Gasteiger partial charge in [-0.3, -0.25) is 9.20 Å². The summed E-state index contributed by atoms with van der Waals surface area (Å²) < 4.78 is 3.02. The SMILES string of the molecule is CN1CCC(c2nc3cc(C4CCCCN4C(=O)c4ccc5nc(N)c6nncn6c5c4)ccc3s2)CC1. The van der Waals surface area contributed by atoms with Gasteiger partial charge in [-0.1, -0.05) is 6.07 Å². The summed E-state index contributed by atoms with van der Waals surface area (Å²) >= 11 is 1.83. The average Bonchev–Trinajstić information content (AvgIpc) is 3.61. The van der Waals surface area contributed by atoms with Gasteiger partial charge in [0.25, 0.3) is 5.91 Å². The number of fused-ring (bicyclic) bond motifs is 4. The third-order valence-electron chi connectivity index (χ3n) is 8.14. The molecule has 1 atom stereocenters. The van der Waals surface area contributed by atoms with Crippen molar-refractivity contribution in [1.29, 1.82) is 0 Å². The molecule has 5 aromatic rings. The number of aromatic nitrogens is 5. The number of nitrogen functional groups attached to an aromatic ring is 1. The molecule has 2 fully saturated rings. The van der Waals surface area contributed by atoms with Crippen LogP contribution in [0.2, 0.25) is 0 Å². The lowest BCUT2D eigenvalue weighted by molar-refractivity contribution is 0.0612. The van der Waals surface area contributed by atoms with E-state index in [2.05, 4.69) is 45.3 Å². The fourth-order valence-corrected chi connectivity index (χ4v) is 7.11. The van der Waals surface area contributed by atoms with Crippen LogP contribution < -0.4 is 5.73 Å². The van der Waals surface area contributed by atoms with Crippen LogP contribution in [0, 0.1) is 0 Å². The number of carbonyl (C=O) groups excluding carboxylic acids is 1. The van der Waals surface area contributed by atoms with Crippen molar-refractivity contribution in [3.63, 3.8) is 0 Å². The molecule has 2 N–H and O–H groups in total. The van der Waals surface area contributed by atoms with Gasteiger partial charge < -0.3 is 15.5 Å². The summed E-state index contributed by atoms with van der Waals surface area (Å²) in [5.74, 6) is 0.899. The normalized spacial score (nSPS) is 19.6. The zero-order valence-corrected chi connectivity index (χ0v) is 22.2. The summed E-state index contributed by atoms with van der Waals surface area (Å²) in [4.78, 5) is 27.8. The summed E-state index contributed by atoms with van der Waals surface area (Å²) in [6, 6.07) is 12.2. The number of piperidine rings is 2. The van der Waals surface area contributed by atoms with E-state index in [-0.39, 0.29) is 11.9 Å². The Hall–Kier alpha value is -3.63. The summed E-state index contributed by atoms with van der Waals surface area (Å²) in [5, 5.41) is 9.30. The van der Waals surface area contributed by atoms with E-state index in [0.29, 0.717) is 28.5 Å². The number of anilines is 1. The number of carbonyl (C=O) groups is 1. The Balaban J connectivity index is 1.20. The van der Waals surface area contributed by atoms with Crippen LogP contribution in [0.1, 0.15) is 65.0 Å². The van der Waals surface area contributed by atoms with Gasteiger partial charge in [0.1, 0.15) is 6.33 Å². The first-order valence-electron chi connectivity index (χ1n) is 13.3. The molecule has 9 nitrogen and oxygen atoms in total. The predicted molar refractivity (Wildman–Crippen MR) is 149 cm³/mol. The Morgan fingerprint density at radius 1 is 1.00 bits per heavy atom. The van der Waals surface area contributed by atoms with Gasteiger partial charge in [0.05, 0.1) is 32.3 Å². The maximum absolute atomic E-state index is 13.9. The zero-order chi connectivity index (χ0) is 25.8. The molecule has 1 unspecified atom stereocenters. The lowest BCUT2D eigenvalue weighted by Gasteiger charge is -2.36. The van der Waals surface area contributed by atoms with Crippen LogP contribution in [0.5, 0.6) is 0 Å². The van der Waals surface area contributed by atoms with Gasteiger partial charge in [-0.25, -0.2) is 9.97 Å². The van der Waals surface area contributed by atoms with E-state index in [9.17, 15) is 4.79 Å². The van der Waals surface area contributed by atoms with Gasteiger partial charge >= 0.3 is 0 Å². The summed E-state index contributed by atoms with van der Waals surface area (Å²) in [6.07, 6.45) is 7.00. The zero-order valence-electron chi connectivity index (χ0n) is 21.4. The highest BCUT2D eigenvalue weighted by Crippen LogP contribution is 2.37. The molecule has 2 saturated heterocycles. The van der Waals surface area contributed by atoms with E-state index < -0.39 is 0 Å². The highest BCUT2D eigenvalue weighted by Gasteiger charge is 2.30.